The number of alkyl halides is 3. The lowest BCUT2D eigenvalue weighted by Crippen LogP contribution is -2.28. The lowest BCUT2D eigenvalue weighted by molar-refractivity contribution is -0.138. The minimum Gasteiger partial charge on any atom is -0.383 e. The molecule has 1 unspecified atom stereocenters. The summed E-state index contributed by atoms with van der Waals surface area (Å²) in [6.07, 6.45) is -2.65. The topological polar surface area (TPSA) is 98.1 Å². The van der Waals surface area contributed by atoms with Crippen molar-refractivity contribution in [2.45, 2.75) is 18.6 Å². The van der Waals surface area contributed by atoms with E-state index in [-0.39, 0.29) is 24.7 Å². The second-order valence-electron chi connectivity index (χ2n) is 5.82. The van der Waals surface area contributed by atoms with Crippen LogP contribution in [0.15, 0.2) is 30.5 Å². The van der Waals surface area contributed by atoms with E-state index in [9.17, 15) is 18.0 Å². The molecular formula is C16H18F3N5O. The van der Waals surface area contributed by atoms with Gasteiger partial charge in [-0.2, -0.15) is 13.2 Å². The van der Waals surface area contributed by atoms with Crippen LogP contribution >= 0.6 is 0 Å². The Bertz CT molecular complexity index is 815. The van der Waals surface area contributed by atoms with Gasteiger partial charge in [0.15, 0.2) is 0 Å². The van der Waals surface area contributed by atoms with E-state index in [4.69, 9.17) is 11.5 Å². The molecule has 25 heavy (non-hydrogen) atoms. The van der Waals surface area contributed by atoms with Crippen LogP contribution in [-0.2, 0) is 6.18 Å². The second kappa shape index (κ2) is 6.32. The fourth-order valence-corrected chi connectivity index (χ4v) is 2.76. The third kappa shape index (κ3) is 3.41. The van der Waals surface area contributed by atoms with Crippen LogP contribution in [0.5, 0.6) is 0 Å². The number of ketones is 1. The number of hydrogen-bond acceptors (Lipinski definition) is 6. The number of nitrogen functional groups attached to an aromatic ring is 1. The lowest BCUT2D eigenvalue weighted by Gasteiger charge is -2.19. The van der Waals surface area contributed by atoms with Crippen molar-refractivity contribution in [3.8, 4) is 0 Å². The van der Waals surface area contributed by atoms with Gasteiger partial charge in [-0.15, -0.1) is 0 Å². The van der Waals surface area contributed by atoms with E-state index in [0.717, 1.165) is 6.07 Å². The fourth-order valence-electron chi connectivity index (χ4n) is 2.76. The summed E-state index contributed by atoms with van der Waals surface area (Å²) in [5.74, 6) is -0.772. The van der Waals surface area contributed by atoms with Crippen molar-refractivity contribution in [1.82, 2.24) is 9.97 Å². The number of halogens is 3. The van der Waals surface area contributed by atoms with Gasteiger partial charge in [-0.3, -0.25) is 4.79 Å². The Labute approximate surface area is 143 Å². The highest BCUT2D eigenvalue weighted by Crippen LogP contribution is 2.34. The minimum absolute atomic E-state index is 0. The molecule has 9 heteroatoms. The number of carbonyl (C=O) groups is 1. The third-order valence-electron chi connectivity index (χ3n) is 4.03. The molecule has 1 aliphatic rings. The summed E-state index contributed by atoms with van der Waals surface area (Å²) < 4.78 is 40.0. The normalized spacial score (nSPS) is 17.8. The zero-order chi connectivity index (χ0) is 18.2. The highest BCUT2D eigenvalue weighted by atomic mass is 19.4. The predicted octanol–water partition coefficient (Wildman–Crippen LogP) is 2.09. The Kier molecular flexibility index (Phi) is 4.34. The molecule has 3 rings (SSSR count). The molecule has 0 bridgehead atoms. The van der Waals surface area contributed by atoms with Crippen molar-refractivity contribution < 1.29 is 19.4 Å². The lowest BCUT2D eigenvalue weighted by atomic mass is 10.0. The number of anilines is 2. The third-order valence-corrected chi connectivity index (χ3v) is 4.03. The Morgan fingerprint density at radius 3 is 2.68 bits per heavy atom. The molecule has 4 N–H and O–H groups in total. The molecule has 1 atom stereocenters. The number of nitrogens with zero attached hydrogens (tertiary/aromatic N) is 3. The number of hydrogen-bond donors (Lipinski definition) is 2. The molecule has 0 radical (unpaired) electrons. The van der Waals surface area contributed by atoms with Crippen LogP contribution in [0.25, 0.3) is 0 Å². The van der Waals surface area contributed by atoms with E-state index in [0.29, 0.717) is 19.5 Å². The Morgan fingerprint density at radius 2 is 2.08 bits per heavy atom. The predicted molar refractivity (Wildman–Crippen MR) is 88.2 cm³/mol. The SMILES string of the molecule is Nc1ncccc1C(=O)c1nc(N2CCC(N)C2)ccc1C(F)(F)F.[HH]. The molecule has 1 aliphatic heterocycles. The molecule has 2 aromatic rings. The monoisotopic (exact) mass is 353 g/mol. The molecule has 1 fully saturated rings. The van der Waals surface area contributed by atoms with Crippen LogP contribution in [0.4, 0.5) is 24.8 Å². The number of carbonyl (C=O) groups excluding carboxylic acids is 1. The van der Waals surface area contributed by atoms with Gasteiger partial charge in [0.1, 0.15) is 17.3 Å². The smallest absolute Gasteiger partial charge is 0.383 e. The minimum atomic E-state index is -4.71. The molecule has 0 amide bonds. The van der Waals surface area contributed by atoms with Crippen LogP contribution in [0, 0.1) is 0 Å². The summed E-state index contributed by atoms with van der Waals surface area (Å²) >= 11 is 0. The summed E-state index contributed by atoms with van der Waals surface area (Å²) in [7, 11) is 0. The molecule has 0 aliphatic carbocycles. The molecule has 0 spiro atoms. The van der Waals surface area contributed by atoms with Crippen molar-refractivity contribution in [2.24, 2.45) is 5.73 Å². The van der Waals surface area contributed by atoms with Crippen LogP contribution in [0.1, 0.15) is 29.5 Å². The van der Waals surface area contributed by atoms with Gasteiger partial charge in [-0.1, -0.05) is 0 Å². The van der Waals surface area contributed by atoms with E-state index < -0.39 is 23.2 Å². The number of rotatable bonds is 3. The molecule has 0 aromatic carbocycles. The van der Waals surface area contributed by atoms with Gasteiger partial charge in [0.05, 0.1) is 11.1 Å². The molecular weight excluding hydrogens is 335 g/mol. The quantitative estimate of drug-likeness (QED) is 0.820. The summed E-state index contributed by atoms with van der Waals surface area (Å²) in [4.78, 5) is 22.1. The molecule has 0 saturated carbocycles. The zero-order valence-electron chi connectivity index (χ0n) is 13.1. The molecule has 2 aromatic heterocycles. The summed E-state index contributed by atoms with van der Waals surface area (Å²) in [6, 6.07) is 4.80. The summed E-state index contributed by atoms with van der Waals surface area (Å²) in [6.45, 7) is 1.04. The van der Waals surface area contributed by atoms with Crippen LogP contribution < -0.4 is 16.4 Å². The van der Waals surface area contributed by atoms with Gasteiger partial charge in [-0.25, -0.2) is 9.97 Å². The first-order valence-electron chi connectivity index (χ1n) is 7.61. The van der Waals surface area contributed by atoms with Crippen molar-refractivity contribution >= 4 is 17.4 Å². The van der Waals surface area contributed by atoms with Gasteiger partial charge >= 0.3 is 6.18 Å². The number of nitrogens with two attached hydrogens (primary N) is 2. The Balaban J connectivity index is 0.00000243. The van der Waals surface area contributed by atoms with Crippen LogP contribution in [0.3, 0.4) is 0 Å². The van der Waals surface area contributed by atoms with Gasteiger partial charge in [0.2, 0.25) is 5.78 Å². The van der Waals surface area contributed by atoms with E-state index in [1.807, 2.05) is 0 Å². The van der Waals surface area contributed by atoms with Crippen molar-refractivity contribution in [2.75, 3.05) is 23.7 Å². The van der Waals surface area contributed by atoms with Crippen molar-refractivity contribution in [3.63, 3.8) is 0 Å². The van der Waals surface area contributed by atoms with Crippen molar-refractivity contribution in [1.29, 1.82) is 0 Å². The first kappa shape index (κ1) is 17.2. The first-order valence-corrected chi connectivity index (χ1v) is 7.61. The van der Waals surface area contributed by atoms with Gasteiger partial charge < -0.3 is 16.4 Å². The van der Waals surface area contributed by atoms with Crippen LogP contribution in [0.2, 0.25) is 0 Å². The second-order valence-corrected chi connectivity index (χ2v) is 5.82. The average Bonchev–Trinajstić information content (AvgIpc) is 3.00. The fraction of sp³-hybridized carbons (Fsp3) is 0.312. The van der Waals surface area contributed by atoms with Crippen LogP contribution in [-0.4, -0.2) is 34.9 Å². The molecule has 3 heterocycles. The van der Waals surface area contributed by atoms with Gasteiger partial charge in [0, 0.05) is 26.8 Å². The van der Waals surface area contributed by atoms with E-state index in [2.05, 4.69) is 9.97 Å². The van der Waals surface area contributed by atoms with E-state index in [1.54, 1.807) is 4.90 Å². The first-order chi connectivity index (χ1) is 11.8. The summed E-state index contributed by atoms with van der Waals surface area (Å²) in [5.41, 5.74) is 9.55. The zero-order valence-corrected chi connectivity index (χ0v) is 13.1. The van der Waals surface area contributed by atoms with Crippen molar-refractivity contribution in [3.05, 3.63) is 47.3 Å². The van der Waals surface area contributed by atoms with E-state index in [1.165, 1.54) is 24.4 Å². The average molecular weight is 353 g/mol. The highest BCUT2D eigenvalue weighted by molar-refractivity contribution is 6.11. The maximum absolute atomic E-state index is 13.3. The largest absolute Gasteiger partial charge is 0.418 e. The van der Waals surface area contributed by atoms with Gasteiger partial charge in [0.25, 0.3) is 0 Å². The number of pyridine rings is 2. The highest BCUT2D eigenvalue weighted by Gasteiger charge is 2.37. The maximum Gasteiger partial charge on any atom is 0.418 e. The summed E-state index contributed by atoms with van der Waals surface area (Å²) in [5, 5.41) is 0. The van der Waals surface area contributed by atoms with Gasteiger partial charge in [-0.05, 0) is 30.7 Å². The standard InChI is InChI=1S/C16H16F3N5O.H2/c17-16(18,19)11-3-4-12(24-7-5-9(20)8-24)23-13(11)14(25)10-2-1-6-22-15(10)21;/h1-4,6,9H,5,7-8,20H2,(H2,21,22);1H. The Morgan fingerprint density at radius 1 is 1.32 bits per heavy atom. The molecule has 1 saturated heterocycles. The molecule has 6 nitrogen and oxygen atoms in total. The van der Waals surface area contributed by atoms with E-state index >= 15 is 0 Å². The number of aromatic nitrogens is 2. The Hall–Kier alpha value is -2.68. The maximum atomic E-state index is 13.3. The molecule has 134 valence electrons.